The highest BCUT2D eigenvalue weighted by atomic mass is 16.5. The van der Waals surface area contributed by atoms with Gasteiger partial charge in [0.2, 0.25) is 5.91 Å². The molecule has 1 fully saturated rings. The van der Waals surface area contributed by atoms with Crippen LogP contribution in [-0.4, -0.2) is 12.0 Å². The number of ether oxygens (including phenoxy) is 1. The van der Waals surface area contributed by atoms with Crippen molar-refractivity contribution in [3.63, 3.8) is 0 Å². The standard InChI is InChI=1S/C21H23NO2/c1-16-6-8-17(9-7-16)10-15-21(23)22-18-11-13-20(14-12-18)24-19-4-2-3-5-19/h6-15,19H,2-5H2,1H3,(H,22,23)/b15-10+. The molecule has 2 aromatic carbocycles. The van der Waals surface area contributed by atoms with Crippen molar-refractivity contribution >= 4 is 17.7 Å². The molecule has 1 N–H and O–H groups in total. The third-order valence-electron chi connectivity index (χ3n) is 4.23. The van der Waals surface area contributed by atoms with Crippen molar-refractivity contribution in [1.29, 1.82) is 0 Å². The van der Waals surface area contributed by atoms with E-state index in [1.54, 1.807) is 6.08 Å². The first-order valence-corrected chi connectivity index (χ1v) is 8.51. The van der Waals surface area contributed by atoms with Gasteiger partial charge in [-0.3, -0.25) is 4.79 Å². The van der Waals surface area contributed by atoms with Crippen LogP contribution in [0, 0.1) is 6.92 Å². The number of carbonyl (C=O) groups excluding carboxylic acids is 1. The molecule has 0 aliphatic heterocycles. The molecule has 1 amide bonds. The highest BCUT2D eigenvalue weighted by Gasteiger charge is 2.16. The fourth-order valence-corrected chi connectivity index (χ4v) is 2.85. The molecular weight excluding hydrogens is 298 g/mol. The number of aryl methyl sites for hydroxylation is 1. The van der Waals surface area contributed by atoms with Crippen LogP contribution in [0.3, 0.4) is 0 Å². The van der Waals surface area contributed by atoms with Gasteiger partial charge >= 0.3 is 0 Å². The molecule has 2 aromatic rings. The minimum Gasteiger partial charge on any atom is -0.490 e. The number of hydrogen-bond acceptors (Lipinski definition) is 2. The van der Waals surface area contributed by atoms with Crippen molar-refractivity contribution in [2.45, 2.75) is 38.7 Å². The first-order valence-electron chi connectivity index (χ1n) is 8.51. The quantitative estimate of drug-likeness (QED) is 0.790. The number of rotatable bonds is 5. The lowest BCUT2D eigenvalue weighted by Crippen LogP contribution is -2.11. The summed E-state index contributed by atoms with van der Waals surface area (Å²) in [6, 6.07) is 15.6. The molecule has 0 aromatic heterocycles. The number of hydrogen-bond donors (Lipinski definition) is 1. The highest BCUT2D eigenvalue weighted by molar-refractivity contribution is 6.01. The molecule has 24 heavy (non-hydrogen) atoms. The van der Waals surface area contributed by atoms with Crippen molar-refractivity contribution in [2.75, 3.05) is 5.32 Å². The largest absolute Gasteiger partial charge is 0.490 e. The van der Waals surface area contributed by atoms with Crippen LogP contribution < -0.4 is 10.1 Å². The lowest BCUT2D eigenvalue weighted by atomic mass is 10.1. The summed E-state index contributed by atoms with van der Waals surface area (Å²) in [6.07, 6.45) is 8.51. The van der Waals surface area contributed by atoms with Gasteiger partial charge in [0.25, 0.3) is 0 Å². The molecule has 0 heterocycles. The van der Waals surface area contributed by atoms with E-state index in [0.29, 0.717) is 6.10 Å². The van der Waals surface area contributed by atoms with E-state index in [1.807, 2.05) is 61.5 Å². The molecule has 124 valence electrons. The van der Waals surface area contributed by atoms with Crippen LogP contribution >= 0.6 is 0 Å². The van der Waals surface area contributed by atoms with Gasteiger partial charge in [-0.15, -0.1) is 0 Å². The van der Waals surface area contributed by atoms with Crippen molar-refractivity contribution in [2.24, 2.45) is 0 Å². The summed E-state index contributed by atoms with van der Waals surface area (Å²) < 4.78 is 5.92. The lowest BCUT2D eigenvalue weighted by molar-refractivity contribution is -0.111. The predicted molar refractivity (Wildman–Crippen MR) is 98.2 cm³/mol. The molecule has 3 nitrogen and oxygen atoms in total. The van der Waals surface area contributed by atoms with E-state index in [0.717, 1.165) is 29.8 Å². The Bertz CT molecular complexity index is 696. The molecular formula is C21H23NO2. The third-order valence-corrected chi connectivity index (χ3v) is 4.23. The summed E-state index contributed by atoms with van der Waals surface area (Å²) in [5.41, 5.74) is 2.99. The van der Waals surface area contributed by atoms with Gasteiger partial charge in [-0.05, 0) is 68.5 Å². The second kappa shape index (κ2) is 7.82. The molecule has 0 unspecified atom stereocenters. The van der Waals surface area contributed by atoms with Gasteiger partial charge in [0.1, 0.15) is 5.75 Å². The maximum atomic E-state index is 12.0. The van der Waals surface area contributed by atoms with Gasteiger partial charge < -0.3 is 10.1 Å². The topological polar surface area (TPSA) is 38.3 Å². The van der Waals surface area contributed by atoms with E-state index in [9.17, 15) is 4.79 Å². The maximum absolute atomic E-state index is 12.0. The van der Waals surface area contributed by atoms with Gasteiger partial charge in [-0.1, -0.05) is 29.8 Å². The highest BCUT2D eigenvalue weighted by Crippen LogP contribution is 2.25. The summed E-state index contributed by atoms with van der Waals surface area (Å²) >= 11 is 0. The fraction of sp³-hybridized carbons (Fsp3) is 0.286. The molecule has 1 aliphatic carbocycles. The Balaban J connectivity index is 1.53. The van der Waals surface area contributed by atoms with Crippen molar-refractivity contribution < 1.29 is 9.53 Å². The molecule has 0 saturated heterocycles. The van der Waals surface area contributed by atoms with E-state index < -0.39 is 0 Å². The second-order valence-corrected chi connectivity index (χ2v) is 6.28. The maximum Gasteiger partial charge on any atom is 0.248 e. The molecule has 3 heteroatoms. The summed E-state index contributed by atoms with van der Waals surface area (Å²) in [7, 11) is 0. The van der Waals surface area contributed by atoms with Gasteiger partial charge in [0.15, 0.2) is 0 Å². The van der Waals surface area contributed by atoms with Crippen molar-refractivity contribution in [3.8, 4) is 5.75 Å². The Morgan fingerprint density at radius 3 is 2.38 bits per heavy atom. The van der Waals surface area contributed by atoms with Crippen LogP contribution in [0.4, 0.5) is 5.69 Å². The molecule has 0 bridgehead atoms. The molecule has 0 radical (unpaired) electrons. The molecule has 1 saturated carbocycles. The first kappa shape index (κ1) is 16.3. The number of anilines is 1. The van der Waals surface area contributed by atoms with Gasteiger partial charge in [0.05, 0.1) is 6.10 Å². The monoisotopic (exact) mass is 321 g/mol. The third kappa shape index (κ3) is 4.72. The summed E-state index contributed by atoms with van der Waals surface area (Å²) in [4.78, 5) is 12.0. The number of carbonyl (C=O) groups is 1. The van der Waals surface area contributed by atoms with E-state index >= 15 is 0 Å². The van der Waals surface area contributed by atoms with Gasteiger partial charge in [-0.25, -0.2) is 0 Å². The first-order chi connectivity index (χ1) is 11.7. The Kier molecular flexibility index (Phi) is 5.32. The van der Waals surface area contributed by atoms with Crippen LogP contribution in [0.25, 0.3) is 6.08 Å². The van der Waals surface area contributed by atoms with Crippen molar-refractivity contribution in [1.82, 2.24) is 0 Å². The van der Waals surface area contributed by atoms with Crippen LogP contribution in [0.15, 0.2) is 54.6 Å². The second-order valence-electron chi connectivity index (χ2n) is 6.28. The number of benzene rings is 2. The van der Waals surface area contributed by atoms with Gasteiger partial charge in [-0.2, -0.15) is 0 Å². The minimum absolute atomic E-state index is 0.139. The summed E-state index contributed by atoms with van der Waals surface area (Å²) in [5.74, 6) is 0.732. The van der Waals surface area contributed by atoms with Crippen LogP contribution in [0.2, 0.25) is 0 Å². The van der Waals surface area contributed by atoms with E-state index in [2.05, 4.69) is 5.32 Å². The zero-order valence-electron chi connectivity index (χ0n) is 14.0. The zero-order valence-corrected chi connectivity index (χ0v) is 14.0. The Morgan fingerprint density at radius 1 is 1.04 bits per heavy atom. The number of nitrogens with one attached hydrogen (secondary N) is 1. The Hall–Kier alpha value is -2.55. The van der Waals surface area contributed by atoms with Crippen LogP contribution in [0.1, 0.15) is 36.8 Å². The average molecular weight is 321 g/mol. The van der Waals surface area contributed by atoms with E-state index in [-0.39, 0.29) is 5.91 Å². The molecule has 3 rings (SSSR count). The number of amides is 1. The fourth-order valence-electron chi connectivity index (χ4n) is 2.85. The van der Waals surface area contributed by atoms with E-state index in [4.69, 9.17) is 4.74 Å². The molecule has 0 spiro atoms. The van der Waals surface area contributed by atoms with Crippen molar-refractivity contribution in [3.05, 3.63) is 65.7 Å². The van der Waals surface area contributed by atoms with E-state index in [1.165, 1.54) is 18.4 Å². The SMILES string of the molecule is Cc1ccc(/C=C/C(=O)Nc2ccc(OC3CCCC3)cc2)cc1. The zero-order chi connectivity index (χ0) is 16.8. The van der Waals surface area contributed by atoms with Crippen LogP contribution in [0.5, 0.6) is 5.75 Å². The van der Waals surface area contributed by atoms with Gasteiger partial charge in [0, 0.05) is 11.8 Å². The van der Waals surface area contributed by atoms with Crippen LogP contribution in [-0.2, 0) is 4.79 Å². The molecule has 0 atom stereocenters. The summed E-state index contributed by atoms with van der Waals surface area (Å²) in [6.45, 7) is 2.04. The lowest BCUT2D eigenvalue weighted by Gasteiger charge is -2.13. The minimum atomic E-state index is -0.139. The Labute approximate surface area is 143 Å². The normalized spacial score (nSPS) is 14.9. The Morgan fingerprint density at radius 2 is 1.71 bits per heavy atom. The smallest absolute Gasteiger partial charge is 0.248 e. The summed E-state index contributed by atoms with van der Waals surface area (Å²) in [5, 5.41) is 2.86. The predicted octanol–water partition coefficient (Wildman–Crippen LogP) is 4.97. The average Bonchev–Trinajstić information content (AvgIpc) is 3.09. The molecule has 1 aliphatic rings.